The fraction of sp³-hybridized carbons (Fsp3) is 0.692. The van der Waals surface area contributed by atoms with Crippen LogP contribution in [0.1, 0.15) is 29.4 Å². The van der Waals surface area contributed by atoms with Crippen LogP contribution in [0.3, 0.4) is 0 Å². The molecule has 5 nitrogen and oxygen atoms in total. The summed E-state index contributed by atoms with van der Waals surface area (Å²) in [5.41, 5.74) is 1.55. The molecule has 0 aromatic carbocycles. The van der Waals surface area contributed by atoms with Crippen LogP contribution in [-0.4, -0.2) is 51.9 Å². The molecular weight excluding hydrogens is 262 g/mol. The van der Waals surface area contributed by atoms with Gasteiger partial charge in [0.1, 0.15) is 5.56 Å². The first kappa shape index (κ1) is 14.4. The molecular formula is C13H21N3O2S. The van der Waals surface area contributed by atoms with Gasteiger partial charge in [-0.1, -0.05) is 0 Å². The third kappa shape index (κ3) is 3.73. The summed E-state index contributed by atoms with van der Waals surface area (Å²) in [6.45, 7) is 5.14. The number of rotatable bonds is 4. The molecule has 0 aliphatic carbocycles. The van der Waals surface area contributed by atoms with Gasteiger partial charge in [-0.05, 0) is 25.6 Å². The number of carbonyl (C=O) groups excluding carboxylic acids is 1. The average Bonchev–Trinajstić information content (AvgIpc) is 2.61. The Bertz CT molecular complexity index is 426. The number of thioether (sulfide) groups is 1. The Morgan fingerprint density at radius 2 is 2.32 bits per heavy atom. The molecule has 106 valence electrons. The summed E-state index contributed by atoms with van der Waals surface area (Å²) in [4.78, 5) is 14.3. The van der Waals surface area contributed by atoms with E-state index in [-0.39, 0.29) is 5.97 Å². The standard InChI is InChI=1S/C13H21N3O2S/c1-3-18-13(17)11-9-14-15(2)12(11)10-16-5-4-7-19-8-6-16/h9H,3-8,10H2,1-2H3. The summed E-state index contributed by atoms with van der Waals surface area (Å²) < 4.78 is 6.86. The van der Waals surface area contributed by atoms with Crippen molar-refractivity contribution in [1.82, 2.24) is 14.7 Å². The van der Waals surface area contributed by atoms with Gasteiger partial charge in [0, 0.05) is 25.9 Å². The molecule has 1 aromatic heterocycles. The quantitative estimate of drug-likeness (QED) is 0.784. The highest BCUT2D eigenvalue weighted by molar-refractivity contribution is 7.99. The molecule has 0 spiro atoms. The molecule has 2 heterocycles. The Balaban J connectivity index is 2.09. The van der Waals surface area contributed by atoms with Gasteiger partial charge >= 0.3 is 5.97 Å². The predicted molar refractivity (Wildman–Crippen MR) is 76.4 cm³/mol. The van der Waals surface area contributed by atoms with Gasteiger partial charge in [0.25, 0.3) is 0 Å². The number of aryl methyl sites for hydroxylation is 1. The lowest BCUT2D eigenvalue weighted by atomic mass is 10.2. The van der Waals surface area contributed by atoms with E-state index in [2.05, 4.69) is 10.00 Å². The lowest BCUT2D eigenvalue weighted by Gasteiger charge is -2.20. The zero-order chi connectivity index (χ0) is 13.7. The summed E-state index contributed by atoms with van der Waals surface area (Å²) in [6.07, 6.45) is 2.82. The predicted octanol–water partition coefficient (Wildman–Crippen LogP) is 1.54. The Morgan fingerprint density at radius 1 is 1.47 bits per heavy atom. The Kier molecular flexibility index (Phi) is 5.27. The molecule has 1 aromatic rings. The number of carbonyl (C=O) groups is 1. The summed E-state index contributed by atoms with van der Waals surface area (Å²) in [5.74, 6) is 2.12. The minimum atomic E-state index is -0.269. The molecule has 19 heavy (non-hydrogen) atoms. The lowest BCUT2D eigenvalue weighted by molar-refractivity contribution is 0.0523. The second kappa shape index (κ2) is 6.96. The van der Waals surface area contributed by atoms with Crippen molar-refractivity contribution in [2.45, 2.75) is 19.9 Å². The van der Waals surface area contributed by atoms with Crippen molar-refractivity contribution >= 4 is 17.7 Å². The topological polar surface area (TPSA) is 47.4 Å². The summed E-state index contributed by atoms with van der Waals surface area (Å²) in [6, 6.07) is 0. The minimum Gasteiger partial charge on any atom is -0.462 e. The van der Waals surface area contributed by atoms with E-state index in [0.29, 0.717) is 12.2 Å². The monoisotopic (exact) mass is 283 g/mol. The number of aromatic nitrogens is 2. The molecule has 0 radical (unpaired) electrons. The summed E-state index contributed by atoms with van der Waals surface area (Å²) in [7, 11) is 1.88. The number of ether oxygens (including phenoxy) is 1. The van der Waals surface area contributed by atoms with Crippen molar-refractivity contribution < 1.29 is 9.53 Å². The number of esters is 1. The van der Waals surface area contributed by atoms with Gasteiger partial charge in [-0.25, -0.2) is 4.79 Å². The van der Waals surface area contributed by atoms with Gasteiger partial charge in [0.2, 0.25) is 0 Å². The molecule has 6 heteroatoms. The van der Waals surface area contributed by atoms with Crippen LogP contribution >= 0.6 is 11.8 Å². The van der Waals surface area contributed by atoms with E-state index in [1.807, 2.05) is 25.7 Å². The zero-order valence-corrected chi connectivity index (χ0v) is 12.4. The molecule has 0 amide bonds. The van der Waals surface area contributed by atoms with Crippen molar-refractivity contribution in [3.63, 3.8) is 0 Å². The molecule has 1 aliphatic rings. The highest BCUT2D eigenvalue weighted by atomic mass is 32.2. The number of hydrogen-bond donors (Lipinski definition) is 0. The maximum absolute atomic E-state index is 11.9. The van der Waals surface area contributed by atoms with E-state index in [4.69, 9.17) is 4.74 Å². The fourth-order valence-corrected chi connectivity index (χ4v) is 3.12. The van der Waals surface area contributed by atoms with Gasteiger partial charge < -0.3 is 4.74 Å². The molecule has 0 bridgehead atoms. The molecule has 0 atom stereocenters. The average molecular weight is 283 g/mol. The van der Waals surface area contributed by atoms with Gasteiger partial charge in [-0.2, -0.15) is 16.9 Å². The van der Waals surface area contributed by atoms with Crippen LogP contribution < -0.4 is 0 Å². The van der Waals surface area contributed by atoms with Gasteiger partial charge in [-0.15, -0.1) is 0 Å². The van der Waals surface area contributed by atoms with Crippen molar-refractivity contribution in [3.05, 3.63) is 17.5 Å². The van der Waals surface area contributed by atoms with Gasteiger partial charge in [0.05, 0.1) is 18.5 Å². The maximum Gasteiger partial charge on any atom is 0.341 e. The van der Waals surface area contributed by atoms with E-state index < -0.39 is 0 Å². The van der Waals surface area contributed by atoms with Gasteiger partial charge in [-0.3, -0.25) is 9.58 Å². The van der Waals surface area contributed by atoms with Crippen LogP contribution in [0, 0.1) is 0 Å². The van der Waals surface area contributed by atoms with Gasteiger partial charge in [0.15, 0.2) is 0 Å². The first-order valence-corrected chi connectivity index (χ1v) is 7.86. The van der Waals surface area contributed by atoms with E-state index in [1.54, 1.807) is 10.9 Å². The number of nitrogens with zero attached hydrogens (tertiary/aromatic N) is 3. The van der Waals surface area contributed by atoms with Crippen LogP contribution in [0.4, 0.5) is 0 Å². The van der Waals surface area contributed by atoms with Crippen LogP contribution in [-0.2, 0) is 18.3 Å². The molecule has 0 unspecified atom stereocenters. The third-order valence-corrected chi connectivity index (χ3v) is 4.29. The van der Waals surface area contributed by atoms with E-state index in [9.17, 15) is 4.79 Å². The van der Waals surface area contributed by atoms with E-state index in [0.717, 1.165) is 31.1 Å². The molecule has 0 saturated carbocycles. The SMILES string of the molecule is CCOC(=O)c1cnn(C)c1CN1CCCSCC1. The van der Waals surface area contributed by atoms with Crippen molar-refractivity contribution in [2.75, 3.05) is 31.2 Å². The van der Waals surface area contributed by atoms with Crippen LogP contribution in [0.5, 0.6) is 0 Å². The summed E-state index contributed by atoms with van der Waals surface area (Å²) >= 11 is 2.00. The third-order valence-electron chi connectivity index (χ3n) is 3.25. The molecule has 1 fully saturated rings. The first-order valence-electron chi connectivity index (χ1n) is 6.70. The number of hydrogen-bond acceptors (Lipinski definition) is 5. The highest BCUT2D eigenvalue weighted by Crippen LogP contribution is 2.16. The van der Waals surface area contributed by atoms with Crippen LogP contribution in [0.15, 0.2) is 6.20 Å². The van der Waals surface area contributed by atoms with Crippen LogP contribution in [0.2, 0.25) is 0 Å². The van der Waals surface area contributed by atoms with Crippen molar-refractivity contribution in [1.29, 1.82) is 0 Å². The Hall–Kier alpha value is -1.01. The first-order chi connectivity index (χ1) is 9.22. The molecule has 1 saturated heterocycles. The smallest absolute Gasteiger partial charge is 0.341 e. The minimum absolute atomic E-state index is 0.269. The highest BCUT2D eigenvalue weighted by Gasteiger charge is 2.20. The second-order valence-corrected chi connectivity index (χ2v) is 5.82. The largest absolute Gasteiger partial charge is 0.462 e. The fourth-order valence-electron chi connectivity index (χ4n) is 2.20. The molecule has 0 N–H and O–H groups in total. The van der Waals surface area contributed by atoms with E-state index in [1.165, 1.54) is 12.2 Å². The molecule has 2 rings (SSSR count). The lowest BCUT2D eigenvalue weighted by Crippen LogP contribution is -2.27. The second-order valence-electron chi connectivity index (χ2n) is 4.59. The van der Waals surface area contributed by atoms with Crippen molar-refractivity contribution in [2.24, 2.45) is 7.05 Å². The summed E-state index contributed by atoms with van der Waals surface area (Å²) in [5, 5.41) is 4.19. The van der Waals surface area contributed by atoms with Crippen LogP contribution in [0.25, 0.3) is 0 Å². The zero-order valence-electron chi connectivity index (χ0n) is 11.6. The van der Waals surface area contributed by atoms with E-state index >= 15 is 0 Å². The maximum atomic E-state index is 11.9. The Labute approximate surface area is 118 Å². The molecule has 1 aliphatic heterocycles. The normalized spacial score (nSPS) is 17.2. The Morgan fingerprint density at radius 3 is 3.11 bits per heavy atom. The van der Waals surface area contributed by atoms with Crippen molar-refractivity contribution in [3.8, 4) is 0 Å².